The van der Waals surface area contributed by atoms with Crippen LogP contribution in [0.2, 0.25) is 0 Å². The Hall–Kier alpha value is -0.530. The van der Waals surface area contributed by atoms with Gasteiger partial charge in [-0.05, 0) is 22.0 Å². The van der Waals surface area contributed by atoms with E-state index in [2.05, 4.69) is 15.9 Å². The maximum atomic E-state index is 12.8. The Bertz CT molecular complexity index is 385. The highest BCUT2D eigenvalue weighted by Crippen LogP contribution is 2.39. The molecular weight excluding hydrogens is 317 g/mol. The van der Waals surface area contributed by atoms with E-state index in [4.69, 9.17) is 5.73 Å². The largest absolute Gasteiger partial charge is 0.506 e. The SMILES string of the molecule is Cl.N[C@H](c1ccc(F)c(Br)c1O)C(F)(F)F. The number of benzene rings is 1. The molecule has 2 nitrogen and oxygen atoms in total. The van der Waals surface area contributed by atoms with Gasteiger partial charge in [0.05, 0.1) is 4.47 Å². The first-order chi connectivity index (χ1) is 6.75. The Kier molecular flexibility index (Phi) is 5.03. The van der Waals surface area contributed by atoms with Gasteiger partial charge in [-0.1, -0.05) is 6.07 Å². The maximum absolute atomic E-state index is 12.8. The molecule has 0 aliphatic carbocycles. The van der Waals surface area contributed by atoms with E-state index in [0.29, 0.717) is 0 Å². The molecule has 8 heteroatoms. The minimum Gasteiger partial charge on any atom is -0.506 e. The minimum atomic E-state index is -4.69. The second-order valence-corrected chi connectivity index (χ2v) is 3.61. The molecular formula is C8H7BrClF4NO. The molecule has 3 N–H and O–H groups in total. The fraction of sp³-hybridized carbons (Fsp3) is 0.250. The number of phenols is 1. The van der Waals surface area contributed by atoms with E-state index < -0.39 is 33.8 Å². The Labute approximate surface area is 103 Å². The van der Waals surface area contributed by atoms with Crippen molar-refractivity contribution in [2.45, 2.75) is 12.2 Å². The Morgan fingerprint density at radius 1 is 1.31 bits per heavy atom. The molecule has 0 saturated heterocycles. The molecule has 0 radical (unpaired) electrons. The van der Waals surface area contributed by atoms with E-state index in [1.54, 1.807) is 0 Å². The van der Waals surface area contributed by atoms with E-state index in [1.807, 2.05) is 0 Å². The van der Waals surface area contributed by atoms with Crippen LogP contribution in [0.1, 0.15) is 11.6 Å². The summed E-state index contributed by atoms with van der Waals surface area (Å²) in [6.07, 6.45) is -4.69. The van der Waals surface area contributed by atoms with Gasteiger partial charge in [-0.15, -0.1) is 12.4 Å². The molecule has 1 aromatic carbocycles. The summed E-state index contributed by atoms with van der Waals surface area (Å²) in [5, 5.41) is 9.25. The van der Waals surface area contributed by atoms with Gasteiger partial charge in [0.25, 0.3) is 0 Å². The van der Waals surface area contributed by atoms with Gasteiger partial charge < -0.3 is 10.8 Å². The standard InChI is InChI=1S/C8H6BrF4NO.ClH/c9-5-4(10)2-1-3(6(5)15)7(14)8(11,12)13;/h1-2,7,15H,14H2;1H/t7-;/m1./s1. The predicted molar refractivity (Wildman–Crippen MR) is 56.0 cm³/mol. The summed E-state index contributed by atoms with van der Waals surface area (Å²) in [5.41, 5.74) is 4.29. The topological polar surface area (TPSA) is 46.2 Å². The van der Waals surface area contributed by atoms with Crippen LogP contribution in [0.15, 0.2) is 16.6 Å². The summed E-state index contributed by atoms with van der Waals surface area (Å²) >= 11 is 2.62. The molecule has 0 aromatic heterocycles. The van der Waals surface area contributed by atoms with Crippen molar-refractivity contribution in [2.75, 3.05) is 0 Å². The van der Waals surface area contributed by atoms with Gasteiger partial charge >= 0.3 is 6.18 Å². The van der Waals surface area contributed by atoms with E-state index in [0.717, 1.165) is 12.1 Å². The van der Waals surface area contributed by atoms with Gasteiger partial charge in [0.1, 0.15) is 17.6 Å². The molecule has 92 valence electrons. The van der Waals surface area contributed by atoms with Gasteiger partial charge in [-0.2, -0.15) is 13.2 Å². The average Bonchev–Trinajstić information content (AvgIpc) is 2.12. The highest BCUT2D eigenvalue weighted by atomic mass is 79.9. The lowest BCUT2D eigenvalue weighted by atomic mass is 10.1. The number of halogens is 6. The number of rotatable bonds is 1. The summed E-state index contributed by atoms with van der Waals surface area (Å²) in [6.45, 7) is 0. The van der Waals surface area contributed by atoms with Gasteiger partial charge in [0.2, 0.25) is 0 Å². The molecule has 0 amide bonds. The second-order valence-electron chi connectivity index (χ2n) is 2.82. The van der Waals surface area contributed by atoms with Crippen molar-refractivity contribution < 1.29 is 22.7 Å². The molecule has 0 spiro atoms. The Morgan fingerprint density at radius 2 is 1.81 bits per heavy atom. The average molecular weight is 324 g/mol. The highest BCUT2D eigenvalue weighted by Gasteiger charge is 2.39. The van der Waals surface area contributed by atoms with E-state index in [1.165, 1.54) is 0 Å². The van der Waals surface area contributed by atoms with Crippen LogP contribution in [0.5, 0.6) is 5.75 Å². The van der Waals surface area contributed by atoms with E-state index in [9.17, 15) is 22.7 Å². The molecule has 1 aromatic rings. The van der Waals surface area contributed by atoms with Crippen molar-refractivity contribution in [3.63, 3.8) is 0 Å². The number of nitrogens with two attached hydrogens (primary N) is 1. The number of hydrogen-bond acceptors (Lipinski definition) is 2. The van der Waals surface area contributed by atoms with E-state index >= 15 is 0 Å². The lowest BCUT2D eigenvalue weighted by Gasteiger charge is -2.17. The third kappa shape index (κ3) is 2.99. The first-order valence-corrected chi connectivity index (χ1v) is 4.53. The first-order valence-electron chi connectivity index (χ1n) is 3.74. The maximum Gasteiger partial charge on any atom is 0.407 e. The summed E-state index contributed by atoms with van der Waals surface area (Å²) in [4.78, 5) is 0. The second kappa shape index (κ2) is 5.20. The van der Waals surface area contributed by atoms with E-state index in [-0.39, 0.29) is 12.4 Å². The third-order valence-electron chi connectivity index (χ3n) is 1.79. The van der Waals surface area contributed by atoms with Crippen LogP contribution in [-0.2, 0) is 0 Å². The number of alkyl halides is 3. The number of aromatic hydroxyl groups is 1. The minimum absolute atomic E-state index is 0. The fourth-order valence-corrected chi connectivity index (χ4v) is 1.34. The van der Waals surface area contributed by atoms with Crippen molar-refractivity contribution in [3.8, 4) is 5.75 Å². The van der Waals surface area contributed by atoms with Crippen LogP contribution < -0.4 is 5.73 Å². The van der Waals surface area contributed by atoms with Crippen LogP contribution in [0.3, 0.4) is 0 Å². The smallest absolute Gasteiger partial charge is 0.407 e. The monoisotopic (exact) mass is 323 g/mol. The molecule has 0 aliphatic heterocycles. The lowest BCUT2D eigenvalue weighted by Crippen LogP contribution is -2.28. The molecule has 0 aliphatic rings. The molecule has 1 atom stereocenters. The zero-order valence-electron chi connectivity index (χ0n) is 7.55. The molecule has 0 unspecified atom stereocenters. The molecule has 0 bridgehead atoms. The lowest BCUT2D eigenvalue weighted by molar-refractivity contribution is -0.149. The molecule has 0 saturated carbocycles. The van der Waals surface area contributed by atoms with Gasteiger partial charge in [0, 0.05) is 5.56 Å². The van der Waals surface area contributed by atoms with Gasteiger partial charge in [0.15, 0.2) is 0 Å². The van der Waals surface area contributed by atoms with Gasteiger partial charge in [-0.25, -0.2) is 4.39 Å². The molecule has 0 fully saturated rings. The van der Waals surface area contributed by atoms with Crippen LogP contribution >= 0.6 is 28.3 Å². The fourth-order valence-electron chi connectivity index (χ4n) is 0.982. The predicted octanol–water partition coefficient (Wildman–Crippen LogP) is 3.28. The number of hydrogen-bond donors (Lipinski definition) is 2. The van der Waals surface area contributed by atoms with Crippen LogP contribution in [0.4, 0.5) is 17.6 Å². The Balaban J connectivity index is 0.00000225. The summed E-state index contributed by atoms with van der Waals surface area (Å²) in [7, 11) is 0. The van der Waals surface area contributed by atoms with Crippen molar-refractivity contribution in [1.82, 2.24) is 0 Å². The molecule has 0 heterocycles. The molecule has 1 rings (SSSR count). The third-order valence-corrected chi connectivity index (χ3v) is 2.54. The van der Waals surface area contributed by atoms with Crippen LogP contribution in [0, 0.1) is 5.82 Å². The van der Waals surface area contributed by atoms with Crippen molar-refractivity contribution in [1.29, 1.82) is 0 Å². The highest BCUT2D eigenvalue weighted by molar-refractivity contribution is 9.10. The number of phenolic OH excluding ortho intramolecular Hbond substituents is 1. The zero-order chi connectivity index (χ0) is 11.8. The summed E-state index contributed by atoms with van der Waals surface area (Å²) < 4.78 is 49.0. The van der Waals surface area contributed by atoms with Crippen molar-refractivity contribution in [3.05, 3.63) is 28.0 Å². The van der Waals surface area contributed by atoms with Gasteiger partial charge in [-0.3, -0.25) is 0 Å². The molecule has 16 heavy (non-hydrogen) atoms. The first kappa shape index (κ1) is 15.5. The Morgan fingerprint density at radius 3 is 2.25 bits per heavy atom. The van der Waals surface area contributed by atoms with Crippen molar-refractivity contribution >= 4 is 28.3 Å². The zero-order valence-corrected chi connectivity index (χ0v) is 9.96. The van der Waals surface area contributed by atoms with Crippen LogP contribution in [0.25, 0.3) is 0 Å². The quantitative estimate of drug-likeness (QED) is 0.779. The summed E-state index contributed by atoms with van der Waals surface area (Å²) in [6, 6.07) is -0.743. The summed E-state index contributed by atoms with van der Waals surface area (Å²) in [5.74, 6) is -1.69. The van der Waals surface area contributed by atoms with Crippen LogP contribution in [-0.4, -0.2) is 11.3 Å². The van der Waals surface area contributed by atoms with Crippen molar-refractivity contribution in [2.24, 2.45) is 5.73 Å². The normalized spacial score (nSPS) is 13.1.